The van der Waals surface area contributed by atoms with Crippen LogP contribution >= 0.6 is 12.4 Å². The number of hydrogen-bond acceptors (Lipinski definition) is 1. The SMILES string of the molecule is CCC[C@H](N)c1cccc(F)c1C.Cl. The van der Waals surface area contributed by atoms with Gasteiger partial charge in [0.2, 0.25) is 0 Å². The Morgan fingerprint density at radius 2 is 2.07 bits per heavy atom. The molecule has 14 heavy (non-hydrogen) atoms. The van der Waals surface area contributed by atoms with Crippen LogP contribution in [0.4, 0.5) is 4.39 Å². The highest BCUT2D eigenvalue weighted by atomic mass is 35.5. The Bertz CT molecular complexity index is 289. The van der Waals surface area contributed by atoms with Crippen LogP contribution in [0.5, 0.6) is 0 Å². The molecular formula is C11H17ClFN. The highest BCUT2D eigenvalue weighted by molar-refractivity contribution is 5.85. The Kier molecular flexibility index (Phi) is 5.73. The van der Waals surface area contributed by atoms with Gasteiger partial charge in [-0.2, -0.15) is 0 Å². The number of halogens is 2. The lowest BCUT2D eigenvalue weighted by atomic mass is 9.98. The molecule has 0 amide bonds. The fraction of sp³-hybridized carbons (Fsp3) is 0.455. The molecule has 0 heterocycles. The lowest BCUT2D eigenvalue weighted by Crippen LogP contribution is -2.11. The monoisotopic (exact) mass is 217 g/mol. The summed E-state index contributed by atoms with van der Waals surface area (Å²) in [6, 6.07) is 5.06. The average Bonchev–Trinajstić information content (AvgIpc) is 2.10. The van der Waals surface area contributed by atoms with Gasteiger partial charge >= 0.3 is 0 Å². The Morgan fingerprint density at radius 3 is 2.64 bits per heavy atom. The minimum atomic E-state index is -0.163. The highest BCUT2D eigenvalue weighted by Crippen LogP contribution is 2.21. The average molecular weight is 218 g/mol. The molecule has 0 aliphatic rings. The fourth-order valence-electron chi connectivity index (χ4n) is 1.49. The zero-order chi connectivity index (χ0) is 9.84. The summed E-state index contributed by atoms with van der Waals surface area (Å²) in [6.45, 7) is 3.86. The second kappa shape index (κ2) is 5.99. The second-order valence-electron chi connectivity index (χ2n) is 3.35. The predicted molar refractivity (Wildman–Crippen MR) is 60.2 cm³/mol. The van der Waals surface area contributed by atoms with E-state index in [0.717, 1.165) is 18.4 Å². The van der Waals surface area contributed by atoms with E-state index in [1.54, 1.807) is 13.0 Å². The van der Waals surface area contributed by atoms with Gasteiger partial charge in [-0.25, -0.2) is 4.39 Å². The Labute approximate surface area is 90.9 Å². The third-order valence-electron chi connectivity index (χ3n) is 2.31. The van der Waals surface area contributed by atoms with Crippen molar-refractivity contribution in [1.82, 2.24) is 0 Å². The minimum absolute atomic E-state index is 0. The summed E-state index contributed by atoms with van der Waals surface area (Å²) in [6.07, 6.45) is 1.93. The van der Waals surface area contributed by atoms with Crippen molar-refractivity contribution >= 4 is 12.4 Å². The van der Waals surface area contributed by atoms with Gasteiger partial charge in [0.05, 0.1) is 0 Å². The first kappa shape index (κ1) is 13.4. The smallest absolute Gasteiger partial charge is 0.126 e. The lowest BCUT2D eigenvalue weighted by molar-refractivity contribution is 0.594. The third-order valence-corrected chi connectivity index (χ3v) is 2.31. The Balaban J connectivity index is 0.00000169. The lowest BCUT2D eigenvalue weighted by Gasteiger charge is -2.13. The molecule has 0 radical (unpaired) electrons. The van der Waals surface area contributed by atoms with E-state index >= 15 is 0 Å². The molecule has 0 unspecified atom stereocenters. The van der Waals surface area contributed by atoms with E-state index in [0.29, 0.717) is 5.56 Å². The summed E-state index contributed by atoms with van der Waals surface area (Å²) in [5, 5.41) is 0. The first-order valence-corrected chi connectivity index (χ1v) is 4.67. The molecule has 0 aliphatic heterocycles. The van der Waals surface area contributed by atoms with Crippen molar-refractivity contribution in [2.45, 2.75) is 32.7 Å². The predicted octanol–water partition coefficient (Wildman–Crippen LogP) is 3.36. The molecule has 0 saturated carbocycles. The van der Waals surface area contributed by atoms with Crippen LogP contribution in [0.25, 0.3) is 0 Å². The molecule has 0 bridgehead atoms. The molecule has 1 atom stereocenters. The topological polar surface area (TPSA) is 26.0 Å². The van der Waals surface area contributed by atoms with Gasteiger partial charge in [-0.05, 0) is 30.5 Å². The Hall–Kier alpha value is -0.600. The van der Waals surface area contributed by atoms with E-state index in [-0.39, 0.29) is 24.3 Å². The zero-order valence-electron chi connectivity index (χ0n) is 8.59. The second-order valence-corrected chi connectivity index (χ2v) is 3.35. The molecule has 0 aliphatic carbocycles. The Morgan fingerprint density at radius 1 is 1.43 bits per heavy atom. The first-order chi connectivity index (χ1) is 6.16. The molecule has 0 aromatic heterocycles. The van der Waals surface area contributed by atoms with Crippen LogP contribution in [0.3, 0.4) is 0 Å². The molecule has 80 valence electrons. The normalized spacial score (nSPS) is 12.0. The van der Waals surface area contributed by atoms with Gasteiger partial charge in [0.1, 0.15) is 5.82 Å². The summed E-state index contributed by atoms with van der Waals surface area (Å²) in [5.41, 5.74) is 7.52. The summed E-state index contributed by atoms with van der Waals surface area (Å²) >= 11 is 0. The maximum absolute atomic E-state index is 13.1. The van der Waals surface area contributed by atoms with Crippen LogP contribution < -0.4 is 5.73 Å². The van der Waals surface area contributed by atoms with Crippen molar-refractivity contribution in [1.29, 1.82) is 0 Å². The van der Waals surface area contributed by atoms with Crippen LogP contribution in [0.2, 0.25) is 0 Å². The van der Waals surface area contributed by atoms with Crippen LogP contribution in [0.1, 0.15) is 36.9 Å². The standard InChI is InChI=1S/C11H16FN.ClH/c1-3-5-11(13)9-6-4-7-10(12)8(9)2;/h4,6-7,11H,3,5,13H2,1-2H3;1H/t11-;/m0./s1. The molecule has 1 nitrogen and oxygen atoms in total. The van der Waals surface area contributed by atoms with Crippen LogP contribution in [0.15, 0.2) is 18.2 Å². The molecule has 1 rings (SSSR count). The fourth-order valence-corrected chi connectivity index (χ4v) is 1.49. The van der Waals surface area contributed by atoms with Crippen molar-refractivity contribution in [2.75, 3.05) is 0 Å². The van der Waals surface area contributed by atoms with Gasteiger partial charge in [0, 0.05) is 6.04 Å². The number of nitrogens with two attached hydrogens (primary N) is 1. The summed E-state index contributed by atoms with van der Waals surface area (Å²) < 4.78 is 13.1. The van der Waals surface area contributed by atoms with Crippen LogP contribution in [-0.2, 0) is 0 Å². The van der Waals surface area contributed by atoms with E-state index in [9.17, 15) is 4.39 Å². The van der Waals surface area contributed by atoms with Gasteiger partial charge in [-0.1, -0.05) is 25.5 Å². The van der Waals surface area contributed by atoms with Gasteiger partial charge < -0.3 is 5.73 Å². The number of hydrogen-bond donors (Lipinski definition) is 1. The zero-order valence-corrected chi connectivity index (χ0v) is 9.40. The van der Waals surface area contributed by atoms with Gasteiger partial charge in [0.25, 0.3) is 0 Å². The maximum atomic E-state index is 13.1. The molecule has 2 N–H and O–H groups in total. The van der Waals surface area contributed by atoms with Crippen molar-refractivity contribution in [3.8, 4) is 0 Å². The summed E-state index contributed by atoms with van der Waals surface area (Å²) in [7, 11) is 0. The van der Waals surface area contributed by atoms with Crippen molar-refractivity contribution < 1.29 is 4.39 Å². The quantitative estimate of drug-likeness (QED) is 0.826. The van der Waals surface area contributed by atoms with Gasteiger partial charge in [0.15, 0.2) is 0 Å². The van der Waals surface area contributed by atoms with Crippen molar-refractivity contribution in [3.63, 3.8) is 0 Å². The largest absolute Gasteiger partial charge is 0.324 e. The minimum Gasteiger partial charge on any atom is -0.324 e. The molecule has 3 heteroatoms. The molecule has 0 saturated heterocycles. The molecule has 0 spiro atoms. The summed E-state index contributed by atoms with van der Waals surface area (Å²) in [5.74, 6) is -0.163. The van der Waals surface area contributed by atoms with Crippen LogP contribution in [0, 0.1) is 12.7 Å². The summed E-state index contributed by atoms with van der Waals surface area (Å²) in [4.78, 5) is 0. The first-order valence-electron chi connectivity index (χ1n) is 4.67. The van der Waals surface area contributed by atoms with Gasteiger partial charge in [-0.15, -0.1) is 12.4 Å². The van der Waals surface area contributed by atoms with E-state index in [4.69, 9.17) is 5.73 Å². The van der Waals surface area contributed by atoms with E-state index in [1.165, 1.54) is 6.07 Å². The van der Waals surface area contributed by atoms with Crippen LogP contribution in [-0.4, -0.2) is 0 Å². The van der Waals surface area contributed by atoms with Crippen molar-refractivity contribution in [2.24, 2.45) is 5.73 Å². The molecule has 1 aromatic carbocycles. The van der Waals surface area contributed by atoms with Crippen molar-refractivity contribution in [3.05, 3.63) is 35.1 Å². The molecule has 1 aromatic rings. The highest BCUT2D eigenvalue weighted by Gasteiger charge is 2.09. The maximum Gasteiger partial charge on any atom is 0.126 e. The van der Waals surface area contributed by atoms with E-state index < -0.39 is 0 Å². The van der Waals surface area contributed by atoms with E-state index in [2.05, 4.69) is 6.92 Å². The number of benzene rings is 1. The molecule has 0 fully saturated rings. The third kappa shape index (κ3) is 2.96. The van der Waals surface area contributed by atoms with Gasteiger partial charge in [-0.3, -0.25) is 0 Å². The number of rotatable bonds is 3. The van der Waals surface area contributed by atoms with E-state index in [1.807, 2.05) is 6.07 Å². The molecular weight excluding hydrogens is 201 g/mol.